The van der Waals surface area contributed by atoms with E-state index in [0.29, 0.717) is 12.8 Å². The van der Waals surface area contributed by atoms with E-state index < -0.39 is 43.7 Å². The third-order valence-electron chi connectivity index (χ3n) is 4.94. The number of halogens is 9. The largest absolute Gasteiger partial charge is 0.460 e. The van der Waals surface area contributed by atoms with Crippen LogP contribution in [-0.4, -0.2) is 49.0 Å². The van der Waals surface area contributed by atoms with Crippen LogP contribution in [0.1, 0.15) is 78.6 Å². The lowest BCUT2D eigenvalue weighted by Crippen LogP contribution is -2.63. The molecule has 0 fully saturated rings. The topological polar surface area (TPSA) is 43.4 Å². The van der Waals surface area contributed by atoms with E-state index in [-0.39, 0.29) is 30.1 Å². The Labute approximate surface area is 191 Å². The van der Waals surface area contributed by atoms with Crippen LogP contribution in [0, 0.1) is 0 Å². The summed E-state index contributed by atoms with van der Waals surface area (Å²) in [4.78, 5) is 0. The van der Waals surface area contributed by atoms with Crippen LogP contribution in [0.25, 0.3) is 0 Å². The highest BCUT2D eigenvalue weighted by Crippen LogP contribution is 2.59. The van der Waals surface area contributed by atoms with E-state index in [2.05, 4.69) is 3.63 Å². The van der Waals surface area contributed by atoms with Gasteiger partial charge in [-0.15, -0.1) is 10.3 Å². The monoisotopic (exact) mass is 544 g/mol. The molecular formula is C19H33F9O3S2. The molecule has 14 heteroatoms. The van der Waals surface area contributed by atoms with Gasteiger partial charge in [0.25, 0.3) is 0 Å². The highest BCUT2D eigenvalue weighted by Gasteiger charge is 2.86. The van der Waals surface area contributed by atoms with Crippen molar-refractivity contribution < 1.29 is 51.6 Å². The van der Waals surface area contributed by atoms with E-state index in [1.807, 2.05) is 6.92 Å². The molecule has 0 aliphatic carbocycles. The molecule has 0 unspecified atom stereocenters. The van der Waals surface area contributed by atoms with Gasteiger partial charge in [-0.1, -0.05) is 59.3 Å². The SMILES string of the molecule is CCCCCCCCCS(CCC)(CCC)OS(=O)(=O)C(F)(F)C(F)(F)C(F)(F)C(F)(F)F. The van der Waals surface area contributed by atoms with Crippen molar-refractivity contribution in [1.82, 2.24) is 0 Å². The summed E-state index contributed by atoms with van der Waals surface area (Å²) in [7, 11) is -9.85. The van der Waals surface area contributed by atoms with Gasteiger partial charge in [-0.2, -0.15) is 47.9 Å². The first-order chi connectivity index (χ1) is 14.9. The molecule has 0 aromatic carbocycles. The van der Waals surface area contributed by atoms with E-state index in [1.165, 1.54) is 0 Å². The standard InChI is InChI=1S/C19H33F9O3S2/c1-4-7-8-9-10-11-12-15-32(13-5-2,14-6-3)31-33(29,30)19(27,28)17(22,23)16(20,21)18(24,25)26/h4-15H2,1-3H3. The van der Waals surface area contributed by atoms with Gasteiger partial charge in [-0.3, -0.25) is 0 Å². The Bertz CT molecular complexity index is 674. The second-order valence-corrected chi connectivity index (χ2v) is 13.0. The fourth-order valence-corrected chi connectivity index (χ4v) is 9.18. The van der Waals surface area contributed by atoms with Gasteiger partial charge in [-0.25, -0.2) is 3.63 Å². The maximum atomic E-state index is 14.1. The van der Waals surface area contributed by atoms with Crippen molar-refractivity contribution in [3.63, 3.8) is 0 Å². The van der Waals surface area contributed by atoms with Gasteiger partial charge in [0.1, 0.15) is 0 Å². The average Bonchev–Trinajstić information content (AvgIpc) is 2.66. The van der Waals surface area contributed by atoms with Crippen LogP contribution in [0.2, 0.25) is 0 Å². The average molecular weight is 545 g/mol. The minimum absolute atomic E-state index is 0.0704. The molecule has 0 aliphatic heterocycles. The molecule has 0 aromatic heterocycles. The van der Waals surface area contributed by atoms with Crippen molar-refractivity contribution in [2.24, 2.45) is 0 Å². The summed E-state index contributed by atoms with van der Waals surface area (Å²) in [6.45, 7) is 5.14. The summed E-state index contributed by atoms with van der Waals surface area (Å²) in [5.74, 6) is -14.9. The molecule has 0 bridgehead atoms. The van der Waals surface area contributed by atoms with E-state index in [9.17, 15) is 47.9 Å². The first kappa shape index (κ1) is 32.6. The number of hydrogen-bond acceptors (Lipinski definition) is 3. The Hall–Kier alpha value is -0.370. The Balaban J connectivity index is 5.83. The summed E-state index contributed by atoms with van der Waals surface area (Å²) < 4.78 is 148. The minimum Gasteiger partial charge on any atom is -0.215 e. The molecule has 0 amide bonds. The molecule has 0 spiro atoms. The fourth-order valence-electron chi connectivity index (χ4n) is 3.22. The molecular weight excluding hydrogens is 511 g/mol. The zero-order chi connectivity index (χ0) is 26.2. The molecule has 0 aromatic rings. The van der Waals surface area contributed by atoms with Gasteiger partial charge >= 0.3 is 33.4 Å². The predicted molar refractivity (Wildman–Crippen MR) is 112 cm³/mol. The van der Waals surface area contributed by atoms with E-state index in [0.717, 1.165) is 32.1 Å². The molecule has 33 heavy (non-hydrogen) atoms. The number of rotatable bonds is 17. The van der Waals surface area contributed by atoms with Gasteiger partial charge in [0, 0.05) is 17.3 Å². The zero-order valence-electron chi connectivity index (χ0n) is 18.9. The number of unbranched alkanes of at least 4 members (excludes halogenated alkanes) is 6. The molecule has 0 rings (SSSR count). The Morgan fingerprint density at radius 1 is 0.576 bits per heavy atom. The lowest BCUT2D eigenvalue weighted by Gasteiger charge is -2.40. The van der Waals surface area contributed by atoms with Crippen molar-refractivity contribution in [2.75, 3.05) is 17.3 Å². The van der Waals surface area contributed by atoms with Crippen molar-refractivity contribution >= 4 is 20.4 Å². The molecule has 202 valence electrons. The molecule has 0 saturated carbocycles. The second kappa shape index (κ2) is 12.5. The van der Waals surface area contributed by atoms with Crippen LogP contribution >= 0.6 is 10.3 Å². The van der Waals surface area contributed by atoms with Crippen LogP contribution in [-0.2, 0) is 13.7 Å². The van der Waals surface area contributed by atoms with Crippen LogP contribution in [0.3, 0.4) is 0 Å². The van der Waals surface area contributed by atoms with Gasteiger partial charge in [0.15, 0.2) is 0 Å². The summed E-state index contributed by atoms with van der Waals surface area (Å²) in [6, 6.07) is 0. The summed E-state index contributed by atoms with van der Waals surface area (Å²) in [6.07, 6.45) is -1.15. The molecule has 0 aliphatic rings. The normalized spacial score (nSPS) is 15.2. The lowest BCUT2D eigenvalue weighted by atomic mass is 10.1. The molecule has 0 atom stereocenters. The quantitative estimate of drug-likeness (QED) is 0.137. The van der Waals surface area contributed by atoms with Gasteiger partial charge in [0.05, 0.1) is 0 Å². The van der Waals surface area contributed by atoms with Crippen molar-refractivity contribution in [2.45, 2.75) is 102 Å². The molecule has 3 nitrogen and oxygen atoms in total. The number of hydrogen-bond donors (Lipinski definition) is 0. The number of alkyl halides is 9. The van der Waals surface area contributed by atoms with Crippen LogP contribution < -0.4 is 0 Å². The molecule has 0 N–H and O–H groups in total. The molecule has 0 saturated heterocycles. The zero-order valence-corrected chi connectivity index (χ0v) is 20.6. The fraction of sp³-hybridized carbons (Fsp3) is 1.00. The van der Waals surface area contributed by atoms with E-state index >= 15 is 0 Å². The highest BCUT2D eigenvalue weighted by atomic mass is 32.3. The maximum absolute atomic E-state index is 14.1. The van der Waals surface area contributed by atoms with Crippen LogP contribution in [0.15, 0.2) is 0 Å². The maximum Gasteiger partial charge on any atom is 0.460 e. The molecule has 0 heterocycles. The van der Waals surface area contributed by atoms with Gasteiger partial charge in [0.2, 0.25) is 0 Å². The third-order valence-corrected chi connectivity index (χ3v) is 11.0. The van der Waals surface area contributed by atoms with Crippen LogP contribution in [0.5, 0.6) is 0 Å². The summed E-state index contributed by atoms with van der Waals surface area (Å²) in [5, 5.41) is -6.81. The Kier molecular flexibility index (Phi) is 12.4. The van der Waals surface area contributed by atoms with Gasteiger partial charge in [-0.05, 0) is 19.3 Å². The molecule has 0 radical (unpaired) electrons. The minimum atomic E-state index is -7.30. The Morgan fingerprint density at radius 3 is 1.39 bits per heavy atom. The van der Waals surface area contributed by atoms with Crippen LogP contribution in [0.4, 0.5) is 39.5 Å². The smallest absolute Gasteiger partial charge is 0.215 e. The van der Waals surface area contributed by atoms with Crippen molar-refractivity contribution in [1.29, 1.82) is 0 Å². The lowest BCUT2D eigenvalue weighted by molar-refractivity contribution is -0.382. The first-order valence-corrected chi connectivity index (χ1v) is 14.3. The van der Waals surface area contributed by atoms with Crippen molar-refractivity contribution in [3.05, 3.63) is 0 Å². The van der Waals surface area contributed by atoms with Gasteiger partial charge < -0.3 is 0 Å². The predicted octanol–water partition coefficient (Wildman–Crippen LogP) is 8.05. The van der Waals surface area contributed by atoms with E-state index in [1.54, 1.807) is 13.8 Å². The Morgan fingerprint density at radius 2 is 1.00 bits per heavy atom. The highest BCUT2D eigenvalue weighted by molar-refractivity contribution is 8.33. The summed E-state index contributed by atoms with van der Waals surface area (Å²) >= 11 is 0. The van der Waals surface area contributed by atoms with E-state index in [4.69, 9.17) is 0 Å². The first-order valence-electron chi connectivity index (χ1n) is 10.8. The summed E-state index contributed by atoms with van der Waals surface area (Å²) in [5.41, 5.74) is 0. The third kappa shape index (κ3) is 7.81. The van der Waals surface area contributed by atoms with Crippen molar-refractivity contribution in [3.8, 4) is 0 Å². The second-order valence-electron chi connectivity index (χ2n) is 7.89.